The fraction of sp³-hybridized carbons (Fsp3) is 0.400. The van der Waals surface area contributed by atoms with Crippen LogP contribution in [-0.2, 0) is 9.84 Å². The highest BCUT2D eigenvalue weighted by Crippen LogP contribution is 2.11. The summed E-state index contributed by atoms with van der Waals surface area (Å²) < 4.78 is 22.4. The van der Waals surface area contributed by atoms with Crippen LogP contribution >= 0.6 is 0 Å². The van der Waals surface area contributed by atoms with Crippen LogP contribution in [0.15, 0.2) is 24.3 Å². The zero-order valence-corrected chi connectivity index (χ0v) is 9.55. The molecule has 0 aliphatic heterocycles. The van der Waals surface area contributed by atoms with E-state index in [0.29, 0.717) is 12.2 Å². The van der Waals surface area contributed by atoms with E-state index in [1.54, 1.807) is 19.1 Å². The standard InChI is InChI=1S/C10H16N2O2S/c1-2-15(13,14)7-6-12-10-5-3-4-9(11)8-10/h3-5,8,12H,2,6-7,11H2,1H3. The molecule has 15 heavy (non-hydrogen) atoms. The normalized spacial score (nSPS) is 11.3. The molecule has 0 saturated carbocycles. The molecule has 0 fully saturated rings. The monoisotopic (exact) mass is 228 g/mol. The molecule has 0 unspecified atom stereocenters. The largest absolute Gasteiger partial charge is 0.399 e. The third kappa shape index (κ3) is 4.20. The Morgan fingerprint density at radius 2 is 2.13 bits per heavy atom. The highest BCUT2D eigenvalue weighted by atomic mass is 32.2. The first-order valence-electron chi connectivity index (χ1n) is 4.83. The van der Waals surface area contributed by atoms with E-state index in [1.165, 1.54) is 0 Å². The van der Waals surface area contributed by atoms with E-state index in [-0.39, 0.29) is 11.5 Å². The highest BCUT2D eigenvalue weighted by molar-refractivity contribution is 7.91. The van der Waals surface area contributed by atoms with E-state index in [0.717, 1.165) is 5.69 Å². The fourth-order valence-electron chi connectivity index (χ4n) is 1.14. The zero-order chi connectivity index (χ0) is 11.3. The van der Waals surface area contributed by atoms with Crippen LogP contribution in [0.5, 0.6) is 0 Å². The van der Waals surface area contributed by atoms with Crippen molar-refractivity contribution in [3.05, 3.63) is 24.3 Å². The zero-order valence-electron chi connectivity index (χ0n) is 8.73. The van der Waals surface area contributed by atoms with Crippen LogP contribution in [0.1, 0.15) is 6.92 Å². The Labute approximate surface area is 90.4 Å². The number of nitrogen functional groups attached to an aromatic ring is 1. The molecule has 0 radical (unpaired) electrons. The van der Waals surface area contributed by atoms with Crippen molar-refractivity contribution in [3.8, 4) is 0 Å². The number of benzene rings is 1. The van der Waals surface area contributed by atoms with Crippen LogP contribution in [0.4, 0.5) is 11.4 Å². The minimum Gasteiger partial charge on any atom is -0.399 e. The van der Waals surface area contributed by atoms with E-state index < -0.39 is 9.84 Å². The van der Waals surface area contributed by atoms with Crippen molar-refractivity contribution in [2.45, 2.75) is 6.92 Å². The molecule has 0 spiro atoms. The lowest BCUT2D eigenvalue weighted by Crippen LogP contribution is -2.17. The molecule has 0 bridgehead atoms. The van der Waals surface area contributed by atoms with Crippen molar-refractivity contribution >= 4 is 21.2 Å². The summed E-state index contributed by atoms with van der Waals surface area (Å²) in [5.74, 6) is 0.337. The van der Waals surface area contributed by atoms with Gasteiger partial charge < -0.3 is 11.1 Å². The number of hydrogen-bond acceptors (Lipinski definition) is 4. The van der Waals surface area contributed by atoms with E-state index in [9.17, 15) is 8.42 Å². The predicted octanol–water partition coefficient (Wildman–Crippen LogP) is 1.12. The molecule has 0 aliphatic rings. The molecule has 3 N–H and O–H groups in total. The Bertz CT molecular complexity index is 415. The average molecular weight is 228 g/mol. The summed E-state index contributed by atoms with van der Waals surface area (Å²) in [6.07, 6.45) is 0. The summed E-state index contributed by atoms with van der Waals surface area (Å²) in [5.41, 5.74) is 7.10. The van der Waals surface area contributed by atoms with Gasteiger partial charge in [0.1, 0.15) is 0 Å². The lowest BCUT2D eigenvalue weighted by atomic mass is 10.3. The lowest BCUT2D eigenvalue weighted by Gasteiger charge is -2.06. The van der Waals surface area contributed by atoms with Crippen LogP contribution < -0.4 is 11.1 Å². The van der Waals surface area contributed by atoms with Crippen LogP contribution in [0.2, 0.25) is 0 Å². The summed E-state index contributed by atoms with van der Waals surface area (Å²) in [7, 11) is -2.89. The number of sulfone groups is 1. The summed E-state index contributed by atoms with van der Waals surface area (Å²) in [5, 5.41) is 3.02. The van der Waals surface area contributed by atoms with Gasteiger partial charge in [-0.1, -0.05) is 13.0 Å². The van der Waals surface area contributed by atoms with Crippen LogP contribution in [0.25, 0.3) is 0 Å². The van der Waals surface area contributed by atoms with Gasteiger partial charge in [-0.2, -0.15) is 0 Å². The first-order valence-corrected chi connectivity index (χ1v) is 6.65. The van der Waals surface area contributed by atoms with E-state index >= 15 is 0 Å². The van der Waals surface area contributed by atoms with Gasteiger partial charge in [0.25, 0.3) is 0 Å². The second-order valence-electron chi connectivity index (χ2n) is 3.29. The molecule has 0 heterocycles. The molecule has 1 rings (SSSR count). The Balaban J connectivity index is 2.45. The minimum absolute atomic E-state index is 0.151. The third-order valence-electron chi connectivity index (χ3n) is 2.07. The third-order valence-corrected chi connectivity index (χ3v) is 3.77. The van der Waals surface area contributed by atoms with Crippen molar-refractivity contribution in [3.63, 3.8) is 0 Å². The van der Waals surface area contributed by atoms with Gasteiger partial charge in [0.05, 0.1) is 5.75 Å². The number of nitrogens with two attached hydrogens (primary N) is 1. The van der Waals surface area contributed by atoms with Gasteiger partial charge in [-0.15, -0.1) is 0 Å². The van der Waals surface area contributed by atoms with Gasteiger partial charge in [-0.25, -0.2) is 8.42 Å². The van der Waals surface area contributed by atoms with Crippen molar-refractivity contribution < 1.29 is 8.42 Å². The Kier molecular flexibility index (Phi) is 3.96. The molecule has 1 aromatic rings. The maximum absolute atomic E-state index is 11.2. The van der Waals surface area contributed by atoms with E-state index in [4.69, 9.17) is 5.73 Å². The molecule has 84 valence electrons. The minimum atomic E-state index is -2.89. The van der Waals surface area contributed by atoms with E-state index in [2.05, 4.69) is 5.32 Å². The van der Waals surface area contributed by atoms with Gasteiger partial charge in [0.2, 0.25) is 0 Å². The second-order valence-corrected chi connectivity index (χ2v) is 5.76. The van der Waals surface area contributed by atoms with Crippen molar-refractivity contribution in [1.82, 2.24) is 0 Å². The SMILES string of the molecule is CCS(=O)(=O)CCNc1cccc(N)c1. The Morgan fingerprint density at radius 1 is 1.40 bits per heavy atom. The highest BCUT2D eigenvalue weighted by Gasteiger charge is 2.05. The molecule has 4 nitrogen and oxygen atoms in total. The maximum atomic E-state index is 11.2. The molecular weight excluding hydrogens is 212 g/mol. The first kappa shape index (κ1) is 11.8. The molecular formula is C10H16N2O2S. The summed E-state index contributed by atoms with van der Waals surface area (Å²) in [4.78, 5) is 0. The molecule has 0 aromatic heterocycles. The maximum Gasteiger partial charge on any atom is 0.151 e. The van der Waals surface area contributed by atoms with Crippen LogP contribution in [-0.4, -0.2) is 26.5 Å². The second kappa shape index (κ2) is 5.02. The van der Waals surface area contributed by atoms with Gasteiger partial charge >= 0.3 is 0 Å². The summed E-state index contributed by atoms with van der Waals surface area (Å²) in [6.45, 7) is 2.06. The van der Waals surface area contributed by atoms with Crippen LogP contribution in [0, 0.1) is 0 Å². The van der Waals surface area contributed by atoms with Gasteiger partial charge in [-0.05, 0) is 18.2 Å². The predicted molar refractivity (Wildman–Crippen MR) is 63.7 cm³/mol. The van der Waals surface area contributed by atoms with Crippen molar-refractivity contribution in [2.75, 3.05) is 29.1 Å². The first-order chi connectivity index (χ1) is 7.03. The van der Waals surface area contributed by atoms with Crippen LogP contribution in [0.3, 0.4) is 0 Å². The van der Waals surface area contributed by atoms with Gasteiger partial charge in [-0.3, -0.25) is 0 Å². The fourth-order valence-corrected chi connectivity index (χ4v) is 1.85. The number of anilines is 2. The molecule has 5 heteroatoms. The summed E-state index contributed by atoms with van der Waals surface area (Å²) in [6, 6.07) is 7.24. The average Bonchev–Trinajstić information content (AvgIpc) is 2.18. The molecule has 0 aliphatic carbocycles. The van der Waals surface area contributed by atoms with Gasteiger partial charge in [0.15, 0.2) is 9.84 Å². The smallest absolute Gasteiger partial charge is 0.151 e. The topological polar surface area (TPSA) is 72.2 Å². The molecule has 1 aromatic carbocycles. The Hall–Kier alpha value is -1.23. The molecule has 0 amide bonds. The molecule has 0 atom stereocenters. The number of nitrogens with one attached hydrogen (secondary N) is 1. The Morgan fingerprint density at radius 3 is 2.73 bits per heavy atom. The number of hydrogen-bond donors (Lipinski definition) is 2. The van der Waals surface area contributed by atoms with E-state index in [1.807, 2.05) is 12.1 Å². The molecule has 0 saturated heterocycles. The van der Waals surface area contributed by atoms with Gasteiger partial charge in [0, 0.05) is 23.7 Å². The summed E-state index contributed by atoms with van der Waals surface area (Å²) >= 11 is 0. The quantitative estimate of drug-likeness (QED) is 0.741. The van der Waals surface area contributed by atoms with Crippen molar-refractivity contribution in [2.24, 2.45) is 0 Å². The lowest BCUT2D eigenvalue weighted by molar-refractivity contribution is 0.597. The number of rotatable bonds is 5. The van der Waals surface area contributed by atoms with Crippen molar-refractivity contribution in [1.29, 1.82) is 0 Å².